The highest BCUT2D eigenvalue weighted by Gasteiger charge is 2.19. The van der Waals surface area contributed by atoms with Gasteiger partial charge in [-0.05, 0) is 44.9 Å². The summed E-state index contributed by atoms with van der Waals surface area (Å²) in [5.41, 5.74) is 0. The van der Waals surface area contributed by atoms with Crippen LogP contribution in [-0.2, 0) is 0 Å². The number of piperidine rings is 1. The number of aliphatic imine (C=N–C) groups is 1. The van der Waals surface area contributed by atoms with Gasteiger partial charge in [0.2, 0.25) is 0 Å². The van der Waals surface area contributed by atoms with E-state index < -0.39 is 0 Å². The van der Waals surface area contributed by atoms with Gasteiger partial charge in [-0.3, -0.25) is 0 Å². The topological polar surface area (TPSA) is 48.9 Å². The van der Waals surface area contributed by atoms with Crippen LogP contribution >= 0.6 is 11.6 Å². The fourth-order valence-electron chi connectivity index (χ4n) is 3.01. The van der Waals surface area contributed by atoms with Crippen LogP contribution in [0.1, 0.15) is 33.1 Å². The summed E-state index contributed by atoms with van der Waals surface area (Å²) in [5, 5.41) is 7.51. The van der Waals surface area contributed by atoms with Gasteiger partial charge >= 0.3 is 0 Å². The van der Waals surface area contributed by atoms with Crippen molar-refractivity contribution >= 4 is 17.6 Å². The maximum absolute atomic E-state index is 6.09. The average Bonchev–Trinajstić information content (AvgIpc) is 2.62. The molecule has 0 unspecified atom stereocenters. The normalized spacial score (nSPS) is 16.7. The second-order valence-electron chi connectivity index (χ2n) is 6.30. The molecule has 1 fully saturated rings. The van der Waals surface area contributed by atoms with Gasteiger partial charge in [0.05, 0.1) is 11.6 Å². The number of nitrogens with zero attached hydrogens (tertiary/aromatic N) is 2. The summed E-state index contributed by atoms with van der Waals surface area (Å²) in [7, 11) is 0. The van der Waals surface area contributed by atoms with E-state index in [1.54, 1.807) is 0 Å². The van der Waals surface area contributed by atoms with Crippen molar-refractivity contribution in [2.75, 3.05) is 39.3 Å². The Morgan fingerprint density at radius 3 is 2.72 bits per heavy atom. The molecular formula is C19H31ClN4O. The molecule has 2 N–H and O–H groups in total. The number of ether oxygens (including phenoxy) is 1. The highest BCUT2D eigenvalue weighted by molar-refractivity contribution is 6.32. The van der Waals surface area contributed by atoms with Gasteiger partial charge in [-0.2, -0.15) is 0 Å². The predicted octanol–water partition coefficient (Wildman–Crippen LogP) is 3.15. The molecule has 0 bridgehead atoms. The second kappa shape index (κ2) is 11.2. The maximum atomic E-state index is 6.09. The van der Waals surface area contributed by atoms with E-state index in [0.717, 1.165) is 12.5 Å². The van der Waals surface area contributed by atoms with Crippen LogP contribution < -0.4 is 15.4 Å². The van der Waals surface area contributed by atoms with Gasteiger partial charge in [-0.15, -0.1) is 0 Å². The molecule has 5 nitrogen and oxygen atoms in total. The number of guanidine groups is 1. The van der Waals surface area contributed by atoms with Gasteiger partial charge in [0.1, 0.15) is 12.4 Å². The summed E-state index contributed by atoms with van der Waals surface area (Å²) < 4.78 is 5.70. The number of rotatable bonds is 8. The third-order valence-electron chi connectivity index (χ3n) is 4.27. The van der Waals surface area contributed by atoms with Crippen molar-refractivity contribution in [2.45, 2.75) is 39.2 Å². The SMILES string of the molecule is CCCN1CCC(NC(=NCCOc2ccccc2Cl)NCC)CC1. The number of halogens is 1. The second-order valence-corrected chi connectivity index (χ2v) is 6.71. The molecule has 0 aromatic heterocycles. The van der Waals surface area contributed by atoms with Crippen LogP contribution in [0.3, 0.4) is 0 Å². The number of likely N-dealkylation sites (tertiary alicyclic amines) is 1. The van der Waals surface area contributed by atoms with E-state index in [-0.39, 0.29) is 0 Å². The van der Waals surface area contributed by atoms with Crippen LogP contribution in [-0.4, -0.2) is 56.2 Å². The summed E-state index contributed by atoms with van der Waals surface area (Å²) in [4.78, 5) is 7.16. The molecule has 140 valence electrons. The molecule has 0 radical (unpaired) electrons. The van der Waals surface area contributed by atoms with E-state index in [9.17, 15) is 0 Å². The lowest BCUT2D eigenvalue weighted by Crippen LogP contribution is -2.48. The summed E-state index contributed by atoms with van der Waals surface area (Å²) in [6, 6.07) is 8.01. The van der Waals surface area contributed by atoms with Crippen molar-refractivity contribution in [3.05, 3.63) is 29.3 Å². The van der Waals surface area contributed by atoms with Crippen LogP contribution in [0.4, 0.5) is 0 Å². The minimum atomic E-state index is 0.496. The van der Waals surface area contributed by atoms with Crippen LogP contribution in [0.5, 0.6) is 5.75 Å². The fraction of sp³-hybridized carbons (Fsp3) is 0.632. The summed E-state index contributed by atoms with van der Waals surface area (Å²) >= 11 is 6.09. The van der Waals surface area contributed by atoms with Crippen LogP contribution in [0.25, 0.3) is 0 Å². The average molecular weight is 367 g/mol. The first-order chi connectivity index (χ1) is 12.2. The first-order valence-corrected chi connectivity index (χ1v) is 9.75. The fourth-order valence-corrected chi connectivity index (χ4v) is 3.20. The number of para-hydroxylation sites is 1. The first kappa shape index (κ1) is 19.9. The lowest BCUT2D eigenvalue weighted by Gasteiger charge is -2.32. The Balaban J connectivity index is 1.75. The zero-order chi connectivity index (χ0) is 17.9. The van der Waals surface area contributed by atoms with Gasteiger partial charge in [-0.25, -0.2) is 4.99 Å². The van der Waals surface area contributed by atoms with E-state index in [2.05, 4.69) is 34.4 Å². The molecule has 0 amide bonds. The van der Waals surface area contributed by atoms with Crippen molar-refractivity contribution < 1.29 is 4.74 Å². The molecule has 1 aliphatic heterocycles. The van der Waals surface area contributed by atoms with E-state index in [1.807, 2.05) is 24.3 Å². The van der Waals surface area contributed by atoms with Gasteiger partial charge in [-0.1, -0.05) is 30.7 Å². The number of benzene rings is 1. The molecule has 1 aromatic rings. The maximum Gasteiger partial charge on any atom is 0.191 e. The Hall–Kier alpha value is -1.46. The molecular weight excluding hydrogens is 336 g/mol. The molecule has 0 atom stereocenters. The molecule has 0 saturated carbocycles. The molecule has 2 rings (SSSR count). The van der Waals surface area contributed by atoms with Gasteiger partial charge in [0.25, 0.3) is 0 Å². The zero-order valence-electron chi connectivity index (χ0n) is 15.4. The lowest BCUT2D eigenvalue weighted by atomic mass is 10.1. The van der Waals surface area contributed by atoms with Crippen molar-refractivity contribution in [3.63, 3.8) is 0 Å². The molecule has 1 aliphatic rings. The van der Waals surface area contributed by atoms with E-state index in [4.69, 9.17) is 16.3 Å². The predicted molar refractivity (Wildman–Crippen MR) is 106 cm³/mol. The molecule has 0 spiro atoms. The number of nitrogens with one attached hydrogen (secondary N) is 2. The molecule has 1 aromatic carbocycles. The van der Waals surface area contributed by atoms with E-state index in [1.165, 1.54) is 38.9 Å². The Kier molecular flexibility index (Phi) is 8.91. The van der Waals surface area contributed by atoms with Crippen molar-refractivity contribution in [1.82, 2.24) is 15.5 Å². The number of hydrogen-bond acceptors (Lipinski definition) is 3. The summed E-state index contributed by atoms with van der Waals surface area (Å²) in [5.74, 6) is 1.58. The first-order valence-electron chi connectivity index (χ1n) is 9.37. The van der Waals surface area contributed by atoms with Gasteiger partial charge < -0.3 is 20.3 Å². The van der Waals surface area contributed by atoms with Crippen LogP contribution in [0, 0.1) is 0 Å². The van der Waals surface area contributed by atoms with Gasteiger partial charge in [0.15, 0.2) is 5.96 Å². The largest absolute Gasteiger partial charge is 0.490 e. The third kappa shape index (κ3) is 7.12. The highest BCUT2D eigenvalue weighted by Crippen LogP contribution is 2.22. The Morgan fingerprint density at radius 1 is 1.28 bits per heavy atom. The summed E-state index contributed by atoms with van der Waals surface area (Å²) in [6.45, 7) is 9.82. The smallest absolute Gasteiger partial charge is 0.191 e. The molecule has 6 heteroatoms. The minimum Gasteiger partial charge on any atom is -0.490 e. The highest BCUT2D eigenvalue weighted by atomic mass is 35.5. The van der Waals surface area contributed by atoms with Crippen molar-refractivity contribution in [3.8, 4) is 5.75 Å². The molecule has 25 heavy (non-hydrogen) atoms. The Labute approximate surface area is 156 Å². The summed E-state index contributed by atoms with van der Waals surface area (Å²) in [6.07, 6.45) is 3.56. The van der Waals surface area contributed by atoms with Gasteiger partial charge in [0, 0.05) is 25.7 Å². The zero-order valence-corrected chi connectivity index (χ0v) is 16.2. The standard InChI is InChI=1S/C19H31ClN4O/c1-3-12-24-13-9-16(10-14-24)23-19(21-4-2)22-11-15-25-18-8-6-5-7-17(18)20/h5-8,16H,3-4,9-15H2,1-2H3,(H2,21,22,23). The van der Waals surface area contributed by atoms with Crippen molar-refractivity contribution in [1.29, 1.82) is 0 Å². The number of hydrogen-bond donors (Lipinski definition) is 2. The molecule has 0 aliphatic carbocycles. The van der Waals surface area contributed by atoms with Crippen LogP contribution in [0.15, 0.2) is 29.3 Å². The molecule has 1 saturated heterocycles. The lowest BCUT2D eigenvalue weighted by molar-refractivity contribution is 0.206. The monoisotopic (exact) mass is 366 g/mol. The van der Waals surface area contributed by atoms with E-state index in [0.29, 0.717) is 30.0 Å². The van der Waals surface area contributed by atoms with E-state index >= 15 is 0 Å². The quantitative estimate of drug-likeness (QED) is 0.421. The van der Waals surface area contributed by atoms with Crippen molar-refractivity contribution in [2.24, 2.45) is 4.99 Å². The third-order valence-corrected chi connectivity index (χ3v) is 4.58. The minimum absolute atomic E-state index is 0.496. The Bertz CT molecular complexity index is 530. The van der Waals surface area contributed by atoms with Crippen LogP contribution in [0.2, 0.25) is 5.02 Å². The Morgan fingerprint density at radius 2 is 2.04 bits per heavy atom. The molecule has 1 heterocycles.